The second-order valence-corrected chi connectivity index (χ2v) is 8.64. The van der Waals surface area contributed by atoms with Gasteiger partial charge in [-0.25, -0.2) is 9.97 Å². The van der Waals surface area contributed by atoms with E-state index in [4.69, 9.17) is 4.98 Å². The fourth-order valence-corrected chi connectivity index (χ4v) is 5.07. The molecule has 1 amide bonds. The number of thiazole rings is 1. The second-order valence-electron chi connectivity index (χ2n) is 7.44. The number of H-pyrrole nitrogens is 1. The highest BCUT2D eigenvalue weighted by Crippen LogP contribution is 2.34. The topological polar surface area (TPSA) is 61.9 Å². The number of benzene rings is 2. The van der Waals surface area contributed by atoms with E-state index < -0.39 is 0 Å². The summed E-state index contributed by atoms with van der Waals surface area (Å²) in [7, 11) is 0. The summed E-state index contributed by atoms with van der Waals surface area (Å²) in [6, 6.07) is 18.2. The number of carbonyl (C=O) groups excluding carboxylic acids is 1. The van der Waals surface area contributed by atoms with E-state index in [1.165, 1.54) is 0 Å². The van der Waals surface area contributed by atoms with Crippen molar-refractivity contribution in [3.05, 3.63) is 71.1 Å². The Hall–Kier alpha value is -2.99. The van der Waals surface area contributed by atoms with E-state index in [0.29, 0.717) is 6.42 Å². The van der Waals surface area contributed by atoms with Crippen molar-refractivity contribution >= 4 is 28.3 Å². The fourth-order valence-electron chi connectivity index (χ4n) is 4.13. The van der Waals surface area contributed by atoms with E-state index in [2.05, 4.69) is 22.1 Å². The molecule has 1 aliphatic heterocycles. The van der Waals surface area contributed by atoms with Crippen LogP contribution in [-0.2, 0) is 11.2 Å². The summed E-state index contributed by atoms with van der Waals surface area (Å²) in [5, 5.41) is 0.988. The largest absolute Gasteiger partial charge is 0.340 e. The van der Waals surface area contributed by atoms with Gasteiger partial charge in [0.1, 0.15) is 5.82 Å². The Bertz CT molecular complexity index is 1130. The number of imidazole rings is 1. The quantitative estimate of drug-likeness (QED) is 0.528. The Balaban J connectivity index is 1.41. The molecule has 2 aromatic carbocycles. The first kappa shape index (κ1) is 18.1. The third-order valence-electron chi connectivity index (χ3n) is 5.46. The number of nitrogens with one attached hydrogen (secondary N) is 1. The highest BCUT2D eigenvalue weighted by atomic mass is 32.1. The van der Waals surface area contributed by atoms with E-state index in [1.807, 2.05) is 54.3 Å². The molecule has 1 saturated heterocycles. The maximum Gasteiger partial charge on any atom is 0.229 e. The number of hydrogen-bond donors (Lipinski definition) is 1. The lowest BCUT2D eigenvalue weighted by atomic mass is 10.1. The number of aromatic amines is 1. The van der Waals surface area contributed by atoms with Gasteiger partial charge >= 0.3 is 0 Å². The zero-order chi connectivity index (χ0) is 19.8. The summed E-state index contributed by atoms with van der Waals surface area (Å²) in [5.41, 5.74) is 3.96. The molecule has 146 valence electrons. The third-order valence-corrected chi connectivity index (χ3v) is 6.52. The van der Waals surface area contributed by atoms with Crippen molar-refractivity contribution in [3.63, 3.8) is 0 Å². The first-order valence-corrected chi connectivity index (χ1v) is 10.8. The summed E-state index contributed by atoms with van der Waals surface area (Å²) < 4.78 is 0. The van der Waals surface area contributed by atoms with E-state index in [0.717, 1.165) is 57.4 Å². The van der Waals surface area contributed by atoms with Crippen LogP contribution < -0.4 is 0 Å². The minimum absolute atomic E-state index is 0.00908. The van der Waals surface area contributed by atoms with Gasteiger partial charge in [-0.1, -0.05) is 42.5 Å². The number of aryl methyl sites for hydroxylation is 1. The lowest BCUT2D eigenvalue weighted by Crippen LogP contribution is -2.32. The van der Waals surface area contributed by atoms with Crippen LogP contribution in [0.1, 0.15) is 35.4 Å². The Morgan fingerprint density at radius 1 is 1.14 bits per heavy atom. The number of aromatic nitrogens is 3. The fraction of sp³-hybridized carbons (Fsp3) is 0.261. The minimum atomic E-state index is 0.00908. The predicted octanol–water partition coefficient (Wildman–Crippen LogP) is 4.90. The molecular weight excluding hydrogens is 380 g/mol. The standard InChI is InChI=1S/C23H22N4OS/c1-15-24-19(22(29-15)16-8-3-2-4-9-16)14-21(28)27-13-7-12-20(27)23-25-17-10-5-6-11-18(17)26-23/h2-6,8-11,20H,7,12-14H2,1H3,(H,25,26)/t20-/m0/s1. The third kappa shape index (κ3) is 3.44. The molecule has 1 aliphatic rings. The van der Waals surface area contributed by atoms with E-state index in [-0.39, 0.29) is 11.9 Å². The van der Waals surface area contributed by atoms with Crippen molar-refractivity contribution in [1.82, 2.24) is 19.9 Å². The van der Waals surface area contributed by atoms with E-state index in [9.17, 15) is 4.79 Å². The maximum atomic E-state index is 13.3. The maximum absolute atomic E-state index is 13.3. The Morgan fingerprint density at radius 2 is 1.93 bits per heavy atom. The molecule has 6 heteroatoms. The Labute approximate surface area is 173 Å². The highest BCUT2D eigenvalue weighted by molar-refractivity contribution is 7.15. The predicted molar refractivity (Wildman–Crippen MR) is 116 cm³/mol. The zero-order valence-corrected chi connectivity index (χ0v) is 17.1. The molecule has 1 fully saturated rings. The summed E-state index contributed by atoms with van der Waals surface area (Å²) in [6.07, 6.45) is 2.26. The average Bonchev–Trinajstić information content (AvgIpc) is 3.46. The van der Waals surface area contributed by atoms with Crippen molar-refractivity contribution in [3.8, 4) is 10.4 Å². The molecule has 5 rings (SSSR count). The van der Waals surface area contributed by atoms with Gasteiger partial charge in [-0.3, -0.25) is 4.79 Å². The van der Waals surface area contributed by atoms with Crippen LogP contribution in [-0.4, -0.2) is 32.3 Å². The van der Waals surface area contributed by atoms with Gasteiger partial charge in [0, 0.05) is 6.54 Å². The molecule has 0 radical (unpaired) electrons. The van der Waals surface area contributed by atoms with Gasteiger partial charge in [-0.05, 0) is 37.5 Å². The molecule has 3 heterocycles. The molecule has 1 atom stereocenters. The van der Waals surface area contributed by atoms with Crippen LogP contribution in [0.5, 0.6) is 0 Å². The van der Waals surface area contributed by atoms with Crippen LogP contribution in [0.3, 0.4) is 0 Å². The van der Waals surface area contributed by atoms with Crippen molar-refractivity contribution < 1.29 is 4.79 Å². The molecule has 29 heavy (non-hydrogen) atoms. The summed E-state index contributed by atoms with van der Waals surface area (Å²) in [6.45, 7) is 2.77. The zero-order valence-electron chi connectivity index (χ0n) is 16.3. The highest BCUT2D eigenvalue weighted by Gasteiger charge is 2.32. The van der Waals surface area contributed by atoms with Crippen molar-refractivity contribution in [2.24, 2.45) is 0 Å². The number of amides is 1. The van der Waals surface area contributed by atoms with Crippen LogP contribution in [0.4, 0.5) is 0 Å². The van der Waals surface area contributed by atoms with Crippen LogP contribution in [0.25, 0.3) is 21.5 Å². The van der Waals surface area contributed by atoms with Gasteiger partial charge < -0.3 is 9.88 Å². The summed E-state index contributed by atoms with van der Waals surface area (Å²) in [4.78, 5) is 29.2. The average molecular weight is 403 g/mol. The molecule has 5 nitrogen and oxygen atoms in total. The monoisotopic (exact) mass is 402 g/mol. The SMILES string of the molecule is Cc1nc(CC(=O)N2CCC[C@H]2c2nc3ccccc3[nH]2)c(-c2ccccc2)s1. The van der Waals surface area contributed by atoms with Gasteiger partial charge in [0.25, 0.3) is 0 Å². The molecule has 0 bridgehead atoms. The van der Waals surface area contributed by atoms with Crippen molar-refractivity contribution in [1.29, 1.82) is 0 Å². The lowest BCUT2D eigenvalue weighted by molar-refractivity contribution is -0.131. The van der Waals surface area contributed by atoms with Gasteiger partial charge in [-0.2, -0.15) is 0 Å². The number of hydrogen-bond acceptors (Lipinski definition) is 4. The van der Waals surface area contributed by atoms with Crippen molar-refractivity contribution in [2.75, 3.05) is 6.54 Å². The molecule has 0 saturated carbocycles. The molecule has 0 unspecified atom stereocenters. The number of nitrogens with zero attached hydrogens (tertiary/aromatic N) is 3. The van der Waals surface area contributed by atoms with Gasteiger partial charge in [0.15, 0.2) is 0 Å². The summed E-state index contributed by atoms with van der Waals surface area (Å²) >= 11 is 1.65. The first-order chi connectivity index (χ1) is 14.2. The lowest BCUT2D eigenvalue weighted by Gasteiger charge is -2.23. The van der Waals surface area contributed by atoms with Crippen LogP contribution in [0.2, 0.25) is 0 Å². The molecule has 1 N–H and O–H groups in total. The Morgan fingerprint density at radius 3 is 2.76 bits per heavy atom. The smallest absolute Gasteiger partial charge is 0.229 e. The molecule has 4 aromatic rings. The molecule has 0 spiro atoms. The molecule has 2 aromatic heterocycles. The number of para-hydroxylation sites is 2. The molecule has 0 aliphatic carbocycles. The van der Waals surface area contributed by atoms with Gasteiger partial charge in [0.05, 0.1) is 39.1 Å². The van der Waals surface area contributed by atoms with E-state index >= 15 is 0 Å². The summed E-state index contributed by atoms with van der Waals surface area (Å²) in [5.74, 6) is 1.00. The number of rotatable bonds is 4. The number of carbonyl (C=O) groups is 1. The van der Waals surface area contributed by atoms with Crippen LogP contribution >= 0.6 is 11.3 Å². The van der Waals surface area contributed by atoms with Gasteiger partial charge in [0.2, 0.25) is 5.91 Å². The van der Waals surface area contributed by atoms with Crippen LogP contribution in [0, 0.1) is 6.92 Å². The molecular formula is C23H22N4OS. The number of likely N-dealkylation sites (tertiary alicyclic amines) is 1. The minimum Gasteiger partial charge on any atom is -0.340 e. The normalized spacial score (nSPS) is 16.6. The Kier molecular flexibility index (Phi) is 4.64. The van der Waals surface area contributed by atoms with Crippen LogP contribution in [0.15, 0.2) is 54.6 Å². The van der Waals surface area contributed by atoms with E-state index in [1.54, 1.807) is 11.3 Å². The second kappa shape index (κ2) is 7.44. The number of fused-ring (bicyclic) bond motifs is 1. The van der Waals surface area contributed by atoms with Gasteiger partial charge in [-0.15, -0.1) is 11.3 Å². The van der Waals surface area contributed by atoms with Crippen molar-refractivity contribution in [2.45, 2.75) is 32.2 Å². The first-order valence-electron chi connectivity index (χ1n) is 9.95.